The molecule has 0 aliphatic carbocycles. The highest BCUT2D eigenvalue weighted by atomic mass is 16.7. The maximum absolute atomic E-state index is 12.7. The molecule has 0 atom stereocenters. The molecule has 6 rings (SSSR count). The quantitative estimate of drug-likeness (QED) is 0.463. The van der Waals surface area contributed by atoms with Crippen molar-refractivity contribution < 1.29 is 14.3 Å². The van der Waals surface area contributed by atoms with Gasteiger partial charge in [-0.25, -0.2) is 14.5 Å². The average Bonchev–Trinajstić information content (AvgIpc) is 3.60. The number of piperazine rings is 1. The van der Waals surface area contributed by atoms with Crippen molar-refractivity contribution in [2.24, 2.45) is 0 Å². The van der Waals surface area contributed by atoms with Gasteiger partial charge in [0.1, 0.15) is 11.3 Å². The number of fused-ring (bicyclic) bond motifs is 2. The van der Waals surface area contributed by atoms with Gasteiger partial charge in [0.15, 0.2) is 17.1 Å². The molecular weight excluding hydrogens is 446 g/mol. The van der Waals surface area contributed by atoms with Gasteiger partial charge in [-0.1, -0.05) is 0 Å². The zero-order chi connectivity index (χ0) is 23.9. The molecule has 0 bridgehead atoms. The van der Waals surface area contributed by atoms with Crippen molar-refractivity contribution >= 4 is 28.6 Å². The monoisotopic (exact) mass is 473 g/mol. The van der Waals surface area contributed by atoms with Crippen LogP contribution in [0, 0.1) is 0 Å². The molecule has 2 aliphatic rings. The van der Waals surface area contributed by atoms with Crippen LogP contribution in [0.4, 0.5) is 16.2 Å². The number of carbonyl (C=O) groups excluding carboxylic acids is 1. The van der Waals surface area contributed by atoms with Gasteiger partial charge in [0, 0.05) is 55.2 Å². The zero-order valence-electron chi connectivity index (χ0n) is 19.7. The lowest BCUT2D eigenvalue weighted by Crippen LogP contribution is -2.50. The third-order valence-corrected chi connectivity index (χ3v) is 6.43. The van der Waals surface area contributed by atoms with Gasteiger partial charge in [-0.3, -0.25) is 0 Å². The molecule has 0 spiro atoms. The standard InChI is InChI=1S/C25H27N7O3/c1-16(2)32-24-20(14-26-32)28-23(29-24)17-3-6-19(7-4-17)30-9-11-31(12-10-30)25(33)27-18-5-8-21-22(13-18)35-15-34-21/h3-8,13-14,16H,9-12,15H2,1-2H3,(H,27,33)(H,28,29). The Morgan fingerprint density at radius 1 is 1.03 bits per heavy atom. The number of nitrogens with one attached hydrogen (secondary N) is 2. The van der Waals surface area contributed by atoms with Crippen LogP contribution in [0.25, 0.3) is 22.6 Å². The smallest absolute Gasteiger partial charge is 0.321 e. The molecule has 2 N–H and O–H groups in total. The number of aromatic nitrogens is 4. The van der Waals surface area contributed by atoms with Crippen molar-refractivity contribution in [1.29, 1.82) is 0 Å². The molecule has 1 saturated heterocycles. The molecule has 2 aromatic carbocycles. The fraction of sp³-hybridized carbons (Fsp3) is 0.320. The molecule has 0 radical (unpaired) electrons. The number of imidazole rings is 1. The minimum absolute atomic E-state index is 0.108. The molecule has 0 saturated carbocycles. The Morgan fingerprint density at radius 3 is 2.57 bits per heavy atom. The minimum atomic E-state index is -0.108. The molecule has 2 amide bonds. The van der Waals surface area contributed by atoms with Gasteiger partial charge in [0.25, 0.3) is 0 Å². The first-order chi connectivity index (χ1) is 17.0. The molecule has 1 fully saturated rings. The number of hydrogen-bond acceptors (Lipinski definition) is 6. The summed E-state index contributed by atoms with van der Waals surface area (Å²) in [6.07, 6.45) is 1.82. The van der Waals surface area contributed by atoms with Gasteiger partial charge in [-0.15, -0.1) is 0 Å². The highest BCUT2D eigenvalue weighted by Gasteiger charge is 2.22. The predicted octanol–water partition coefficient (Wildman–Crippen LogP) is 4.09. The molecule has 0 unspecified atom stereocenters. The summed E-state index contributed by atoms with van der Waals surface area (Å²) in [7, 11) is 0. The summed E-state index contributed by atoms with van der Waals surface area (Å²) >= 11 is 0. The van der Waals surface area contributed by atoms with Crippen molar-refractivity contribution in [3.63, 3.8) is 0 Å². The number of H-pyrrole nitrogens is 1. The lowest BCUT2D eigenvalue weighted by molar-refractivity contribution is 0.174. The second-order valence-corrected chi connectivity index (χ2v) is 9.02. The first kappa shape index (κ1) is 21.3. The van der Waals surface area contributed by atoms with E-state index in [9.17, 15) is 4.79 Å². The van der Waals surface area contributed by atoms with E-state index in [2.05, 4.69) is 58.4 Å². The molecule has 2 aromatic heterocycles. The Kier molecular flexibility index (Phi) is 5.20. The van der Waals surface area contributed by atoms with Gasteiger partial charge in [0.05, 0.1) is 6.20 Å². The highest BCUT2D eigenvalue weighted by Crippen LogP contribution is 2.34. The van der Waals surface area contributed by atoms with E-state index in [1.54, 1.807) is 6.07 Å². The maximum Gasteiger partial charge on any atom is 0.321 e. The number of aromatic amines is 1. The summed E-state index contributed by atoms with van der Waals surface area (Å²) in [6, 6.07) is 14.0. The topological polar surface area (TPSA) is 101 Å². The van der Waals surface area contributed by atoms with E-state index in [4.69, 9.17) is 14.5 Å². The van der Waals surface area contributed by atoms with E-state index in [-0.39, 0.29) is 18.9 Å². The van der Waals surface area contributed by atoms with Crippen molar-refractivity contribution in [2.75, 3.05) is 43.2 Å². The number of anilines is 2. The predicted molar refractivity (Wildman–Crippen MR) is 133 cm³/mol. The van der Waals surface area contributed by atoms with Crippen molar-refractivity contribution in [1.82, 2.24) is 24.6 Å². The summed E-state index contributed by atoms with van der Waals surface area (Å²) in [5, 5.41) is 7.35. The zero-order valence-corrected chi connectivity index (χ0v) is 19.7. The molecule has 4 heterocycles. The van der Waals surface area contributed by atoms with E-state index < -0.39 is 0 Å². The van der Waals surface area contributed by atoms with Crippen LogP contribution in [-0.4, -0.2) is 63.7 Å². The number of ether oxygens (including phenoxy) is 2. The van der Waals surface area contributed by atoms with Gasteiger partial charge in [-0.2, -0.15) is 5.10 Å². The Bertz CT molecular complexity index is 1370. The van der Waals surface area contributed by atoms with Crippen LogP contribution < -0.4 is 19.7 Å². The van der Waals surface area contributed by atoms with Crippen LogP contribution in [0.15, 0.2) is 48.7 Å². The van der Waals surface area contributed by atoms with E-state index in [1.807, 2.05) is 27.9 Å². The number of nitrogens with zero attached hydrogens (tertiary/aromatic N) is 5. The van der Waals surface area contributed by atoms with Crippen molar-refractivity contribution in [3.05, 3.63) is 48.7 Å². The summed E-state index contributed by atoms with van der Waals surface area (Å²) in [5.41, 5.74) is 4.67. The van der Waals surface area contributed by atoms with Gasteiger partial charge in [-0.05, 0) is 50.2 Å². The van der Waals surface area contributed by atoms with Crippen molar-refractivity contribution in [2.45, 2.75) is 19.9 Å². The number of hydrogen-bond donors (Lipinski definition) is 2. The minimum Gasteiger partial charge on any atom is -0.454 e. The first-order valence-corrected chi connectivity index (χ1v) is 11.8. The van der Waals surface area contributed by atoms with Crippen molar-refractivity contribution in [3.8, 4) is 22.9 Å². The van der Waals surface area contributed by atoms with Gasteiger partial charge >= 0.3 is 6.03 Å². The Hall–Kier alpha value is -4.21. The normalized spacial score (nSPS) is 15.3. The lowest BCUT2D eigenvalue weighted by Gasteiger charge is -2.36. The fourth-order valence-corrected chi connectivity index (χ4v) is 4.51. The third-order valence-electron chi connectivity index (χ3n) is 6.43. The number of benzene rings is 2. The summed E-state index contributed by atoms with van der Waals surface area (Å²) in [6.45, 7) is 7.23. The lowest BCUT2D eigenvalue weighted by atomic mass is 10.1. The molecule has 180 valence electrons. The van der Waals surface area contributed by atoms with E-state index in [1.165, 1.54) is 0 Å². The van der Waals surface area contributed by atoms with E-state index in [0.717, 1.165) is 41.3 Å². The second kappa shape index (κ2) is 8.53. The molecule has 35 heavy (non-hydrogen) atoms. The highest BCUT2D eigenvalue weighted by molar-refractivity contribution is 5.90. The summed E-state index contributed by atoms with van der Waals surface area (Å²) in [4.78, 5) is 25.0. The molecular formula is C25H27N7O3. The summed E-state index contributed by atoms with van der Waals surface area (Å²) < 4.78 is 12.6. The number of amides is 2. The molecule has 2 aliphatic heterocycles. The van der Waals surface area contributed by atoms with Crippen LogP contribution in [0.3, 0.4) is 0 Å². The number of urea groups is 1. The molecule has 4 aromatic rings. The average molecular weight is 474 g/mol. The van der Waals surface area contributed by atoms with Crippen LogP contribution in [0.5, 0.6) is 11.5 Å². The Morgan fingerprint density at radius 2 is 1.80 bits per heavy atom. The number of carbonyl (C=O) groups is 1. The molecule has 10 nitrogen and oxygen atoms in total. The van der Waals surface area contributed by atoms with Gasteiger partial charge in [0.2, 0.25) is 6.79 Å². The second-order valence-electron chi connectivity index (χ2n) is 9.02. The Labute approximate surface area is 202 Å². The van der Waals surface area contributed by atoms with Crippen LogP contribution in [0.1, 0.15) is 19.9 Å². The Balaban J connectivity index is 1.07. The third kappa shape index (κ3) is 4.01. The van der Waals surface area contributed by atoms with Gasteiger partial charge < -0.3 is 29.6 Å². The van der Waals surface area contributed by atoms with Crippen LogP contribution >= 0.6 is 0 Å². The SMILES string of the molecule is CC(C)n1ncc2[nH]c(-c3ccc(N4CCN(C(=O)Nc5ccc6c(c5)OCO6)CC4)cc3)nc21. The number of rotatable bonds is 4. The van der Waals surface area contributed by atoms with Crippen LogP contribution in [0.2, 0.25) is 0 Å². The molecule has 10 heteroatoms. The van der Waals surface area contributed by atoms with E-state index in [0.29, 0.717) is 30.3 Å². The first-order valence-electron chi connectivity index (χ1n) is 11.8. The maximum atomic E-state index is 12.7. The summed E-state index contributed by atoms with van der Waals surface area (Å²) in [5.74, 6) is 2.19. The van der Waals surface area contributed by atoms with E-state index >= 15 is 0 Å². The van der Waals surface area contributed by atoms with Crippen LogP contribution in [-0.2, 0) is 0 Å². The largest absolute Gasteiger partial charge is 0.454 e. The fourth-order valence-electron chi connectivity index (χ4n) is 4.51.